The predicted molar refractivity (Wildman–Crippen MR) is 69.9 cm³/mol. The van der Waals surface area contributed by atoms with Crippen LogP contribution >= 0.6 is 0 Å². The summed E-state index contributed by atoms with van der Waals surface area (Å²) >= 11 is 0. The summed E-state index contributed by atoms with van der Waals surface area (Å²) in [6.07, 6.45) is 1.81. The molecule has 0 atom stereocenters. The molecule has 3 heteroatoms. The number of hydrogen-bond donors (Lipinski definition) is 0. The van der Waals surface area contributed by atoms with Crippen molar-refractivity contribution in [2.24, 2.45) is 0 Å². The molecule has 0 aliphatic rings. The van der Waals surface area contributed by atoms with E-state index in [1.165, 1.54) is 0 Å². The zero-order chi connectivity index (χ0) is 12.8. The van der Waals surface area contributed by atoms with Gasteiger partial charge in [-0.3, -0.25) is 4.79 Å². The number of rotatable bonds is 2. The van der Waals surface area contributed by atoms with Crippen LogP contribution in [0.15, 0.2) is 36.5 Å². The molecule has 0 unspecified atom stereocenters. The molecule has 1 heterocycles. The van der Waals surface area contributed by atoms with Crippen LogP contribution in [0.25, 0.3) is 10.8 Å². The van der Waals surface area contributed by atoms with Crippen LogP contribution in [0, 0.1) is 11.8 Å². The van der Waals surface area contributed by atoms with Crippen molar-refractivity contribution in [3.63, 3.8) is 0 Å². The Hall–Kier alpha value is -2.34. The molecule has 0 fully saturated rings. The Morgan fingerprint density at radius 2 is 2.17 bits per heavy atom. The molecule has 1 aromatic carbocycles. The summed E-state index contributed by atoms with van der Waals surface area (Å²) in [6, 6.07) is 9.83. The average Bonchev–Trinajstić information content (AvgIpc) is 2.39. The zero-order valence-corrected chi connectivity index (χ0v) is 10.1. The van der Waals surface area contributed by atoms with E-state index >= 15 is 0 Å². The van der Waals surface area contributed by atoms with Gasteiger partial charge in [0.2, 0.25) is 0 Å². The van der Waals surface area contributed by atoms with Crippen LogP contribution in [0.1, 0.15) is 19.0 Å². The van der Waals surface area contributed by atoms with E-state index in [4.69, 9.17) is 4.74 Å². The van der Waals surface area contributed by atoms with Gasteiger partial charge in [-0.15, -0.1) is 0 Å². The Morgan fingerprint density at radius 3 is 3.00 bits per heavy atom. The third-order valence-corrected chi connectivity index (χ3v) is 2.42. The van der Waals surface area contributed by atoms with Crippen LogP contribution in [0.3, 0.4) is 0 Å². The lowest BCUT2D eigenvalue weighted by atomic mass is 10.1. The summed E-state index contributed by atoms with van der Waals surface area (Å²) in [5.74, 6) is 5.41. The van der Waals surface area contributed by atoms with Crippen LogP contribution in [0.4, 0.5) is 0 Å². The number of nitrogens with zero attached hydrogens (tertiary/aromatic N) is 1. The normalized spacial score (nSPS) is 9.61. The maximum Gasteiger partial charge on any atom is 0.317 e. The van der Waals surface area contributed by atoms with Crippen molar-refractivity contribution in [2.45, 2.75) is 13.3 Å². The molecule has 90 valence electrons. The lowest BCUT2D eigenvalue weighted by Crippen LogP contribution is -2.01. The lowest BCUT2D eigenvalue weighted by Gasteiger charge is -1.98. The van der Waals surface area contributed by atoms with E-state index in [-0.39, 0.29) is 12.4 Å². The van der Waals surface area contributed by atoms with E-state index in [9.17, 15) is 4.79 Å². The first-order valence-corrected chi connectivity index (χ1v) is 5.79. The number of aromatic nitrogens is 1. The summed E-state index contributed by atoms with van der Waals surface area (Å²) in [7, 11) is 0. The Bertz CT molecular complexity index is 618. The topological polar surface area (TPSA) is 39.2 Å². The van der Waals surface area contributed by atoms with E-state index in [2.05, 4.69) is 16.8 Å². The number of esters is 1. The number of ether oxygens (including phenoxy) is 1. The summed E-state index contributed by atoms with van der Waals surface area (Å²) in [5, 5.41) is 2.09. The van der Waals surface area contributed by atoms with Crippen LogP contribution in [0.5, 0.6) is 0 Å². The Morgan fingerprint density at radius 1 is 1.33 bits per heavy atom. The minimum absolute atomic E-state index is 0.0960. The molecule has 2 aromatic rings. The zero-order valence-electron chi connectivity index (χ0n) is 10.1. The van der Waals surface area contributed by atoms with Gasteiger partial charge < -0.3 is 4.74 Å². The fourth-order valence-electron chi connectivity index (χ4n) is 1.63. The van der Waals surface area contributed by atoms with Gasteiger partial charge in [-0.2, -0.15) is 0 Å². The second-order valence-corrected chi connectivity index (χ2v) is 3.66. The van der Waals surface area contributed by atoms with E-state index in [1.807, 2.05) is 30.3 Å². The summed E-state index contributed by atoms with van der Waals surface area (Å²) < 4.78 is 4.81. The minimum atomic E-state index is -0.301. The van der Waals surface area contributed by atoms with Crippen LogP contribution in [-0.4, -0.2) is 17.6 Å². The molecule has 0 radical (unpaired) electrons. The molecule has 1 aromatic heterocycles. The van der Waals surface area contributed by atoms with Crippen LogP contribution < -0.4 is 0 Å². The van der Waals surface area contributed by atoms with Crippen LogP contribution in [-0.2, 0) is 9.53 Å². The third kappa shape index (κ3) is 2.86. The maximum atomic E-state index is 11.2. The molecule has 18 heavy (non-hydrogen) atoms. The molecular formula is C15H13NO2. The van der Waals surface area contributed by atoms with Crippen LogP contribution in [0.2, 0.25) is 0 Å². The third-order valence-electron chi connectivity index (χ3n) is 2.42. The van der Waals surface area contributed by atoms with Gasteiger partial charge in [0.05, 0.1) is 6.61 Å². The van der Waals surface area contributed by atoms with Gasteiger partial charge in [0.15, 0.2) is 0 Å². The first-order chi connectivity index (χ1) is 8.81. The van der Waals surface area contributed by atoms with Crippen molar-refractivity contribution >= 4 is 16.7 Å². The lowest BCUT2D eigenvalue weighted by molar-refractivity contribution is -0.141. The second-order valence-electron chi connectivity index (χ2n) is 3.66. The molecule has 2 rings (SSSR count). The highest BCUT2D eigenvalue weighted by atomic mass is 16.5. The molecule has 0 saturated carbocycles. The maximum absolute atomic E-state index is 11.2. The fourth-order valence-corrected chi connectivity index (χ4v) is 1.63. The number of benzene rings is 1. The summed E-state index contributed by atoms with van der Waals surface area (Å²) in [5.41, 5.74) is 0.692. The number of hydrogen-bond acceptors (Lipinski definition) is 3. The van der Waals surface area contributed by atoms with Gasteiger partial charge in [0.25, 0.3) is 0 Å². The molecule has 0 bridgehead atoms. The second kappa shape index (κ2) is 5.83. The molecule has 0 amide bonds. The Kier molecular flexibility index (Phi) is 3.93. The average molecular weight is 239 g/mol. The largest absolute Gasteiger partial charge is 0.465 e. The molecular weight excluding hydrogens is 226 g/mol. The van der Waals surface area contributed by atoms with Crippen molar-refractivity contribution in [2.75, 3.05) is 6.61 Å². The van der Waals surface area contributed by atoms with E-state index in [0.717, 1.165) is 10.8 Å². The number of carbonyl (C=O) groups excluding carboxylic acids is 1. The van der Waals surface area contributed by atoms with Gasteiger partial charge in [0.1, 0.15) is 12.1 Å². The van der Waals surface area contributed by atoms with Crippen molar-refractivity contribution in [1.82, 2.24) is 4.98 Å². The molecule has 0 N–H and O–H groups in total. The predicted octanol–water partition coefficient (Wildman–Crippen LogP) is 2.54. The highest BCUT2D eigenvalue weighted by Gasteiger charge is 1.99. The highest BCUT2D eigenvalue weighted by Crippen LogP contribution is 2.15. The fraction of sp³-hybridized carbons (Fsp3) is 0.200. The molecule has 0 aliphatic carbocycles. The minimum Gasteiger partial charge on any atom is -0.465 e. The molecule has 0 spiro atoms. The van der Waals surface area contributed by atoms with Crippen molar-refractivity contribution in [1.29, 1.82) is 0 Å². The number of pyridine rings is 1. The number of carbonyl (C=O) groups is 1. The standard InChI is InChI=1S/C15H13NO2/c1-2-18-15(17)9-5-8-14-13-7-4-3-6-12(13)10-11-16-14/h3-4,6-7,10-11H,2,9H2,1H3. The van der Waals surface area contributed by atoms with Gasteiger partial charge >= 0.3 is 5.97 Å². The van der Waals surface area contributed by atoms with Gasteiger partial charge in [0, 0.05) is 11.6 Å². The van der Waals surface area contributed by atoms with E-state index in [1.54, 1.807) is 13.1 Å². The summed E-state index contributed by atoms with van der Waals surface area (Å²) in [6.45, 7) is 2.16. The van der Waals surface area contributed by atoms with Gasteiger partial charge in [-0.25, -0.2) is 4.98 Å². The quantitative estimate of drug-likeness (QED) is 0.597. The highest BCUT2D eigenvalue weighted by molar-refractivity contribution is 5.86. The molecule has 3 nitrogen and oxygen atoms in total. The molecule has 0 aliphatic heterocycles. The van der Waals surface area contributed by atoms with Crippen molar-refractivity contribution in [3.05, 3.63) is 42.2 Å². The monoisotopic (exact) mass is 239 g/mol. The molecule has 0 saturated heterocycles. The van der Waals surface area contributed by atoms with Crippen molar-refractivity contribution in [3.8, 4) is 11.8 Å². The van der Waals surface area contributed by atoms with Crippen molar-refractivity contribution < 1.29 is 9.53 Å². The first kappa shape index (κ1) is 12.1. The van der Waals surface area contributed by atoms with Gasteiger partial charge in [-0.1, -0.05) is 30.2 Å². The first-order valence-electron chi connectivity index (χ1n) is 5.79. The number of fused-ring (bicyclic) bond motifs is 1. The smallest absolute Gasteiger partial charge is 0.317 e. The Labute approximate surface area is 106 Å². The SMILES string of the molecule is CCOC(=O)CC#Cc1nccc2ccccc12. The Balaban J connectivity index is 2.22. The van der Waals surface area contributed by atoms with E-state index < -0.39 is 0 Å². The summed E-state index contributed by atoms with van der Waals surface area (Å²) in [4.78, 5) is 15.4. The van der Waals surface area contributed by atoms with Gasteiger partial charge in [-0.05, 0) is 24.3 Å². The van der Waals surface area contributed by atoms with E-state index in [0.29, 0.717) is 12.3 Å².